The van der Waals surface area contributed by atoms with Crippen LogP contribution in [0.2, 0.25) is 0 Å². The molecule has 0 fully saturated rings. The van der Waals surface area contributed by atoms with E-state index in [-0.39, 0.29) is 0 Å². The standard InChI is InChI=1S/C63H41N5/c1-4-15-42(16-5-1)43-27-33-51(34-28-43)67-58-26-13-11-24-54(58)56-40-48(32-38-59(56)67)44-29-35-52(36-30-44)68-57-25-12-10-23-53(57)55-37-31-49(41-60(55)68)47-21-14-22-50(39-47)63-65-61(45-17-6-2-7-18-45)64-62(66-63)46-19-8-3-9-20-46/h1-41H. The maximum absolute atomic E-state index is 5.02. The first-order valence-electron chi connectivity index (χ1n) is 23.0. The van der Waals surface area contributed by atoms with Gasteiger partial charge in [0, 0.05) is 49.6 Å². The van der Waals surface area contributed by atoms with Crippen LogP contribution in [0.1, 0.15) is 0 Å². The minimum atomic E-state index is 0.633. The van der Waals surface area contributed by atoms with Gasteiger partial charge >= 0.3 is 0 Å². The molecule has 3 heterocycles. The lowest BCUT2D eigenvalue weighted by atomic mass is 10.0. The van der Waals surface area contributed by atoms with Crippen molar-refractivity contribution >= 4 is 43.6 Å². The second kappa shape index (κ2) is 16.4. The molecule has 10 aromatic carbocycles. The van der Waals surface area contributed by atoms with E-state index >= 15 is 0 Å². The van der Waals surface area contributed by atoms with Gasteiger partial charge in [-0.25, -0.2) is 15.0 Å². The predicted octanol–water partition coefficient (Wildman–Crippen LogP) is 16.1. The first-order valence-corrected chi connectivity index (χ1v) is 23.0. The summed E-state index contributed by atoms with van der Waals surface area (Å²) in [5.74, 6) is 1.92. The molecule has 0 aliphatic heterocycles. The third-order valence-electron chi connectivity index (χ3n) is 13.2. The molecule has 5 nitrogen and oxygen atoms in total. The van der Waals surface area contributed by atoms with Crippen LogP contribution in [0.25, 0.3) is 123 Å². The van der Waals surface area contributed by atoms with Crippen LogP contribution in [0, 0.1) is 0 Å². The van der Waals surface area contributed by atoms with Crippen LogP contribution in [0.15, 0.2) is 249 Å². The molecule has 0 aliphatic carbocycles. The van der Waals surface area contributed by atoms with Crippen molar-refractivity contribution in [3.05, 3.63) is 249 Å². The number of hydrogen-bond donors (Lipinski definition) is 0. The van der Waals surface area contributed by atoms with E-state index in [1.54, 1.807) is 0 Å². The summed E-state index contributed by atoms with van der Waals surface area (Å²) in [6, 6.07) is 88.4. The van der Waals surface area contributed by atoms with Crippen LogP contribution in [0.5, 0.6) is 0 Å². The van der Waals surface area contributed by atoms with Gasteiger partial charge in [-0.05, 0) is 94.0 Å². The Hall–Kier alpha value is -9.19. The van der Waals surface area contributed by atoms with Gasteiger partial charge in [-0.2, -0.15) is 0 Å². The molecule has 0 unspecified atom stereocenters. The molecule has 0 bridgehead atoms. The first-order chi connectivity index (χ1) is 33.7. The molecule has 318 valence electrons. The largest absolute Gasteiger partial charge is 0.309 e. The van der Waals surface area contributed by atoms with Gasteiger partial charge in [0.1, 0.15) is 0 Å². The molecule has 13 aromatic rings. The maximum atomic E-state index is 5.02. The number of rotatable bonds is 8. The predicted molar refractivity (Wildman–Crippen MR) is 281 cm³/mol. The molecule has 0 saturated carbocycles. The Morgan fingerprint density at radius 2 is 0.574 bits per heavy atom. The Balaban J connectivity index is 0.866. The topological polar surface area (TPSA) is 48.5 Å². The zero-order valence-electron chi connectivity index (χ0n) is 36.9. The summed E-state index contributed by atoms with van der Waals surface area (Å²) in [6.07, 6.45) is 0. The third kappa shape index (κ3) is 6.84. The average molecular weight is 868 g/mol. The van der Waals surface area contributed by atoms with E-state index in [0.29, 0.717) is 17.5 Å². The molecule has 3 aromatic heterocycles. The summed E-state index contributed by atoms with van der Waals surface area (Å²) >= 11 is 0. The van der Waals surface area contributed by atoms with E-state index in [0.717, 1.165) is 44.7 Å². The Bertz CT molecular complexity index is 3930. The summed E-state index contributed by atoms with van der Waals surface area (Å²) in [4.78, 5) is 15.0. The molecule has 0 saturated heterocycles. The number of aromatic nitrogens is 5. The lowest BCUT2D eigenvalue weighted by molar-refractivity contribution is 1.07. The summed E-state index contributed by atoms with van der Waals surface area (Å²) in [6.45, 7) is 0. The summed E-state index contributed by atoms with van der Waals surface area (Å²) in [7, 11) is 0. The smallest absolute Gasteiger partial charge is 0.164 e. The number of fused-ring (bicyclic) bond motifs is 6. The Morgan fingerprint density at radius 1 is 0.206 bits per heavy atom. The second-order valence-corrected chi connectivity index (χ2v) is 17.2. The minimum Gasteiger partial charge on any atom is -0.309 e. The highest BCUT2D eigenvalue weighted by atomic mass is 15.0. The van der Waals surface area contributed by atoms with E-state index in [1.807, 2.05) is 60.7 Å². The van der Waals surface area contributed by atoms with Crippen molar-refractivity contribution in [3.63, 3.8) is 0 Å². The van der Waals surface area contributed by atoms with Crippen LogP contribution >= 0.6 is 0 Å². The lowest BCUT2D eigenvalue weighted by Crippen LogP contribution is -2.00. The number of hydrogen-bond acceptors (Lipinski definition) is 3. The van der Waals surface area contributed by atoms with Crippen LogP contribution in [-0.4, -0.2) is 24.1 Å². The molecule has 0 amide bonds. The molecule has 68 heavy (non-hydrogen) atoms. The quantitative estimate of drug-likeness (QED) is 0.153. The van der Waals surface area contributed by atoms with Gasteiger partial charge in [-0.15, -0.1) is 0 Å². The van der Waals surface area contributed by atoms with Crippen molar-refractivity contribution < 1.29 is 0 Å². The molecule has 5 heteroatoms. The van der Waals surface area contributed by atoms with E-state index in [4.69, 9.17) is 15.0 Å². The van der Waals surface area contributed by atoms with Gasteiger partial charge in [0.25, 0.3) is 0 Å². The van der Waals surface area contributed by atoms with Crippen LogP contribution in [0.4, 0.5) is 0 Å². The molecule has 0 radical (unpaired) electrons. The fourth-order valence-electron chi connectivity index (χ4n) is 9.87. The monoisotopic (exact) mass is 867 g/mol. The van der Waals surface area contributed by atoms with Crippen molar-refractivity contribution in [1.29, 1.82) is 0 Å². The van der Waals surface area contributed by atoms with Crippen molar-refractivity contribution in [2.75, 3.05) is 0 Å². The highest BCUT2D eigenvalue weighted by molar-refractivity contribution is 6.11. The molecule has 0 N–H and O–H groups in total. The summed E-state index contributed by atoms with van der Waals surface area (Å²) in [5, 5.41) is 4.90. The SMILES string of the molecule is c1ccc(-c2ccc(-n3c4ccccc4c4cc(-c5ccc(-n6c7ccccc7c7ccc(-c8cccc(-c9nc(-c%10ccccc%10)nc(-c%10ccccc%10)n9)c8)cc76)cc5)ccc43)cc2)cc1. The fraction of sp³-hybridized carbons (Fsp3) is 0. The first kappa shape index (κ1) is 39.2. The van der Waals surface area contributed by atoms with Crippen molar-refractivity contribution in [2.24, 2.45) is 0 Å². The Labute approximate surface area is 393 Å². The van der Waals surface area contributed by atoms with E-state index in [9.17, 15) is 0 Å². The molecule has 0 atom stereocenters. The molecular formula is C63H41N5. The van der Waals surface area contributed by atoms with Crippen LogP contribution in [0.3, 0.4) is 0 Å². The summed E-state index contributed by atoms with van der Waals surface area (Å²) in [5.41, 5.74) is 16.7. The minimum absolute atomic E-state index is 0.633. The van der Waals surface area contributed by atoms with Gasteiger partial charge in [-0.3, -0.25) is 0 Å². The fourth-order valence-corrected chi connectivity index (χ4v) is 9.87. The lowest BCUT2D eigenvalue weighted by Gasteiger charge is -2.12. The third-order valence-corrected chi connectivity index (χ3v) is 13.2. The molecular weight excluding hydrogens is 827 g/mol. The van der Waals surface area contributed by atoms with Crippen molar-refractivity contribution in [3.8, 4) is 78.9 Å². The van der Waals surface area contributed by atoms with Gasteiger partial charge in [0.05, 0.1) is 22.1 Å². The second-order valence-electron chi connectivity index (χ2n) is 17.2. The van der Waals surface area contributed by atoms with Gasteiger partial charge in [0.2, 0.25) is 0 Å². The van der Waals surface area contributed by atoms with Gasteiger partial charge in [-0.1, -0.05) is 188 Å². The average Bonchev–Trinajstić information content (AvgIpc) is 3.94. The van der Waals surface area contributed by atoms with E-state index in [2.05, 4.69) is 197 Å². The number of benzene rings is 10. The highest BCUT2D eigenvalue weighted by Crippen LogP contribution is 2.39. The van der Waals surface area contributed by atoms with Crippen molar-refractivity contribution in [1.82, 2.24) is 24.1 Å². The van der Waals surface area contributed by atoms with Crippen molar-refractivity contribution in [2.45, 2.75) is 0 Å². The molecule has 0 spiro atoms. The highest BCUT2D eigenvalue weighted by Gasteiger charge is 2.18. The molecule has 13 rings (SSSR count). The summed E-state index contributed by atoms with van der Waals surface area (Å²) < 4.78 is 4.78. The van der Waals surface area contributed by atoms with Crippen LogP contribution in [-0.2, 0) is 0 Å². The Morgan fingerprint density at radius 3 is 1.18 bits per heavy atom. The van der Waals surface area contributed by atoms with Gasteiger partial charge in [0.15, 0.2) is 17.5 Å². The Kier molecular flexibility index (Phi) is 9.43. The number of nitrogens with zero attached hydrogens (tertiary/aromatic N) is 5. The normalized spacial score (nSPS) is 11.5. The van der Waals surface area contributed by atoms with Crippen LogP contribution < -0.4 is 0 Å². The zero-order chi connectivity index (χ0) is 45.0. The van der Waals surface area contributed by atoms with Gasteiger partial charge < -0.3 is 9.13 Å². The maximum Gasteiger partial charge on any atom is 0.164 e. The van der Waals surface area contributed by atoms with E-state index < -0.39 is 0 Å². The zero-order valence-corrected chi connectivity index (χ0v) is 36.9. The van der Waals surface area contributed by atoms with E-state index in [1.165, 1.54) is 60.3 Å². The number of para-hydroxylation sites is 2. The molecule has 0 aliphatic rings.